The van der Waals surface area contributed by atoms with E-state index in [4.69, 9.17) is 9.47 Å². The van der Waals surface area contributed by atoms with Crippen LogP contribution in [0.5, 0.6) is 11.5 Å². The van der Waals surface area contributed by atoms with Crippen LogP contribution in [-0.2, 0) is 4.79 Å². The smallest absolute Gasteiger partial charge is 0.234 e. The number of ketones is 2. The van der Waals surface area contributed by atoms with Crippen molar-refractivity contribution in [2.45, 2.75) is 0 Å². The van der Waals surface area contributed by atoms with E-state index in [0.29, 0.717) is 28.2 Å². The minimum Gasteiger partial charge on any atom is -0.493 e. The van der Waals surface area contributed by atoms with Crippen LogP contribution in [0.4, 0.5) is 0 Å². The number of hydrogen-bond acceptors (Lipinski definition) is 4. The van der Waals surface area contributed by atoms with Crippen LogP contribution >= 0.6 is 0 Å². The van der Waals surface area contributed by atoms with Crippen LogP contribution in [0.1, 0.15) is 21.5 Å². The van der Waals surface area contributed by atoms with Crippen molar-refractivity contribution >= 4 is 23.2 Å². The average Bonchev–Trinajstić information content (AvgIpc) is 2.80. The Labute approximate surface area is 128 Å². The summed E-state index contributed by atoms with van der Waals surface area (Å²) in [5.74, 6) is 0.249. The van der Waals surface area contributed by atoms with Gasteiger partial charge in [0.25, 0.3) is 0 Å². The molecule has 22 heavy (non-hydrogen) atoms. The molecule has 0 unspecified atom stereocenters. The van der Waals surface area contributed by atoms with E-state index >= 15 is 0 Å². The molecule has 0 aliphatic heterocycles. The van der Waals surface area contributed by atoms with Gasteiger partial charge in [0, 0.05) is 11.1 Å². The highest BCUT2D eigenvalue weighted by Gasteiger charge is 2.32. The molecule has 0 bridgehead atoms. The van der Waals surface area contributed by atoms with Gasteiger partial charge in [0.2, 0.25) is 11.6 Å². The van der Waals surface area contributed by atoms with E-state index in [-0.39, 0.29) is 0 Å². The lowest BCUT2D eigenvalue weighted by Gasteiger charge is -2.08. The molecule has 1 aliphatic carbocycles. The van der Waals surface area contributed by atoms with Gasteiger partial charge in [-0.05, 0) is 29.3 Å². The number of ether oxygens (including phenoxy) is 2. The zero-order valence-corrected chi connectivity index (χ0v) is 12.3. The fraction of sp³-hybridized carbons (Fsp3) is 0.111. The van der Waals surface area contributed by atoms with Crippen molar-refractivity contribution in [1.82, 2.24) is 0 Å². The summed E-state index contributed by atoms with van der Waals surface area (Å²) in [4.78, 5) is 24.2. The number of allylic oxidation sites excluding steroid dienone is 1. The predicted octanol–water partition coefficient (Wildman–Crippen LogP) is 3.01. The van der Waals surface area contributed by atoms with Crippen LogP contribution in [0.15, 0.2) is 42.5 Å². The minimum atomic E-state index is -0.476. The lowest BCUT2D eigenvalue weighted by Crippen LogP contribution is -2.05. The molecule has 4 nitrogen and oxygen atoms in total. The summed E-state index contributed by atoms with van der Waals surface area (Å²) in [6.45, 7) is 0. The van der Waals surface area contributed by atoms with E-state index in [9.17, 15) is 9.59 Å². The van der Waals surface area contributed by atoms with E-state index in [0.717, 1.165) is 5.56 Å². The molecule has 0 atom stereocenters. The molecule has 0 amide bonds. The average molecular weight is 294 g/mol. The second-order valence-corrected chi connectivity index (χ2v) is 4.88. The van der Waals surface area contributed by atoms with Crippen molar-refractivity contribution in [2.24, 2.45) is 0 Å². The molecule has 3 rings (SSSR count). The van der Waals surface area contributed by atoms with Crippen LogP contribution < -0.4 is 9.47 Å². The maximum atomic E-state index is 12.2. The van der Waals surface area contributed by atoms with Crippen molar-refractivity contribution in [3.63, 3.8) is 0 Å². The van der Waals surface area contributed by atoms with E-state index in [1.165, 1.54) is 0 Å². The molecule has 110 valence electrons. The highest BCUT2D eigenvalue weighted by atomic mass is 16.5. The maximum absolute atomic E-state index is 12.2. The summed E-state index contributed by atoms with van der Waals surface area (Å²) in [7, 11) is 3.11. The lowest BCUT2D eigenvalue weighted by atomic mass is 10.0. The zero-order valence-electron chi connectivity index (χ0n) is 12.3. The van der Waals surface area contributed by atoms with E-state index in [1.54, 1.807) is 50.6 Å². The van der Waals surface area contributed by atoms with Crippen LogP contribution in [0.25, 0.3) is 11.6 Å². The third-order valence-electron chi connectivity index (χ3n) is 3.63. The standard InChI is InChI=1S/C18H14O4/c1-21-15-8-7-11(10-16(15)22-2)9-14-12-5-3-4-6-13(12)17(19)18(14)20/h3-10H,1-2H3/b14-9+. The predicted molar refractivity (Wildman–Crippen MR) is 83.2 cm³/mol. The Balaban J connectivity index is 2.10. The number of Topliss-reactive ketones (excluding diaryl/α,β-unsaturated/α-hetero) is 2. The third kappa shape index (κ3) is 2.19. The molecule has 0 fully saturated rings. The normalized spacial score (nSPS) is 15.1. The monoisotopic (exact) mass is 294 g/mol. The van der Waals surface area contributed by atoms with E-state index in [1.807, 2.05) is 12.1 Å². The van der Waals surface area contributed by atoms with Crippen molar-refractivity contribution in [2.75, 3.05) is 14.2 Å². The van der Waals surface area contributed by atoms with Gasteiger partial charge in [0.05, 0.1) is 14.2 Å². The van der Waals surface area contributed by atoms with Crippen molar-refractivity contribution in [3.8, 4) is 11.5 Å². The fourth-order valence-corrected chi connectivity index (χ4v) is 2.54. The number of rotatable bonds is 3. The highest BCUT2D eigenvalue weighted by Crippen LogP contribution is 2.33. The quantitative estimate of drug-likeness (QED) is 0.645. The molecule has 0 radical (unpaired) electrons. The zero-order chi connectivity index (χ0) is 15.7. The van der Waals surface area contributed by atoms with E-state index in [2.05, 4.69) is 0 Å². The molecule has 1 aliphatic rings. The summed E-state index contributed by atoms with van der Waals surface area (Å²) in [6.07, 6.45) is 1.70. The Kier molecular flexibility index (Phi) is 3.51. The Hall–Kier alpha value is -2.88. The molecule has 0 saturated carbocycles. The molecule has 0 spiro atoms. The maximum Gasteiger partial charge on any atom is 0.234 e. The summed E-state index contributed by atoms with van der Waals surface area (Å²) in [5, 5.41) is 0. The Morgan fingerprint density at radius 2 is 1.50 bits per heavy atom. The number of carbonyl (C=O) groups excluding carboxylic acids is 2. The Bertz CT molecular complexity index is 802. The first-order chi connectivity index (χ1) is 10.7. The van der Waals surface area contributed by atoms with E-state index < -0.39 is 11.6 Å². The van der Waals surface area contributed by atoms with Crippen LogP contribution in [0, 0.1) is 0 Å². The lowest BCUT2D eigenvalue weighted by molar-refractivity contribution is -0.109. The van der Waals surface area contributed by atoms with Gasteiger partial charge in [-0.15, -0.1) is 0 Å². The summed E-state index contributed by atoms with van der Waals surface area (Å²) < 4.78 is 10.4. The Morgan fingerprint density at radius 3 is 2.18 bits per heavy atom. The van der Waals surface area contributed by atoms with Gasteiger partial charge in [0.1, 0.15) is 0 Å². The van der Waals surface area contributed by atoms with Gasteiger partial charge in [-0.2, -0.15) is 0 Å². The first kappa shape index (κ1) is 14.1. The second kappa shape index (κ2) is 5.48. The molecular formula is C18H14O4. The summed E-state index contributed by atoms with van der Waals surface area (Å²) >= 11 is 0. The van der Waals surface area contributed by atoms with Crippen molar-refractivity contribution in [1.29, 1.82) is 0 Å². The van der Waals surface area contributed by atoms with Gasteiger partial charge in [-0.25, -0.2) is 0 Å². The third-order valence-corrected chi connectivity index (χ3v) is 3.63. The molecule has 0 N–H and O–H groups in total. The minimum absolute atomic E-state index is 0.410. The molecule has 4 heteroatoms. The molecule has 0 aromatic heterocycles. The Morgan fingerprint density at radius 1 is 0.818 bits per heavy atom. The first-order valence-electron chi connectivity index (χ1n) is 6.78. The second-order valence-electron chi connectivity index (χ2n) is 4.88. The largest absolute Gasteiger partial charge is 0.493 e. The number of carbonyl (C=O) groups is 2. The van der Waals surface area contributed by atoms with Crippen LogP contribution in [-0.4, -0.2) is 25.8 Å². The van der Waals surface area contributed by atoms with Crippen LogP contribution in [0.3, 0.4) is 0 Å². The molecule has 0 heterocycles. The number of methoxy groups -OCH3 is 2. The van der Waals surface area contributed by atoms with Gasteiger partial charge < -0.3 is 9.47 Å². The number of fused-ring (bicyclic) bond motifs is 1. The SMILES string of the molecule is COc1ccc(/C=C2/C(=O)C(=O)c3ccccc32)cc1OC. The molecular weight excluding hydrogens is 280 g/mol. The van der Waals surface area contributed by atoms with Gasteiger partial charge >= 0.3 is 0 Å². The van der Waals surface area contributed by atoms with Crippen LogP contribution in [0.2, 0.25) is 0 Å². The molecule has 2 aromatic carbocycles. The molecule has 2 aromatic rings. The van der Waals surface area contributed by atoms with Gasteiger partial charge in [0.15, 0.2) is 11.5 Å². The van der Waals surface area contributed by atoms with Gasteiger partial charge in [-0.1, -0.05) is 30.3 Å². The number of benzene rings is 2. The highest BCUT2D eigenvalue weighted by molar-refractivity contribution is 6.64. The van der Waals surface area contributed by atoms with Crippen molar-refractivity contribution in [3.05, 3.63) is 59.2 Å². The topological polar surface area (TPSA) is 52.6 Å². The number of hydrogen-bond donors (Lipinski definition) is 0. The summed E-state index contributed by atoms with van der Waals surface area (Å²) in [5.41, 5.74) is 2.31. The summed E-state index contributed by atoms with van der Waals surface area (Å²) in [6, 6.07) is 12.4. The fourth-order valence-electron chi connectivity index (χ4n) is 2.54. The molecule has 0 saturated heterocycles. The van der Waals surface area contributed by atoms with Crippen molar-refractivity contribution < 1.29 is 19.1 Å². The van der Waals surface area contributed by atoms with Gasteiger partial charge in [-0.3, -0.25) is 9.59 Å². The first-order valence-corrected chi connectivity index (χ1v) is 6.78.